The highest BCUT2D eigenvalue weighted by Crippen LogP contribution is 2.39. The third-order valence-corrected chi connectivity index (χ3v) is 16.4. The number of nitrogens with zero attached hydrogens (tertiary/aromatic N) is 2. The number of piperidine rings is 4. The summed E-state index contributed by atoms with van der Waals surface area (Å²) in [6, 6.07) is 25.5. The van der Waals surface area contributed by atoms with Crippen molar-refractivity contribution in [2.45, 2.75) is 93.5 Å². The Labute approximate surface area is 427 Å². The van der Waals surface area contributed by atoms with E-state index in [0.717, 1.165) is 60.7 Å². The number of carbonyl (C=O) groups excluding carboxylic acids is 3. The van der Waals surface area contributed by atoms with E-state index in [1.807, 2.05) is 36.4 Å². The van der Waals surface area contributed by atoms with Crippen molar-refractivity contribution in [3.05, 3.63) is 147 Å². The number of amides is 1. The predicted molar refractivity (Wildman–Crippen MR) is 263 cm³/mol. The van der Waals surface area contributed by atoms with Gasteiger partial charge in [0, 0.05) is 42.2 Å². The summed E-state index contributed by atoms with van der Waals surface area (Å²) in [4.78, 5) is 46.9. The second-order valence-corrected chi connectivity index (χ2v) is 21.4. The normalized spacial score (nSPS) is 20.7. The van der Waals surface area contributed by atoms with E-state index in [1.165, 1.54) is 54.9 Å². The monoisotopic (exact) mass is 1050 g/mol. The third kappa shape index (κ3) is 12.7. The molecule has 1 amide bonds. The zero-order chi connectivity index (χ0) is 49.6. The minimum Gasteiger partial charge on any atom is -0.870 e. The van der Waals surface area contributed by atoms with Crippen LogP contribution < -0.4 is 19.8 Å². The van der Waals surface area contributed by atoms with Gasteiger partial charge in [-0.3, -0.25) is 19.3 Å². The van der Waals surface area contributed by atoms with Crippen LogP contribution in [0.15, 0.2) is 114 Å². The number of alkyl halides is 2. The number of hydrogen-bond donors (Lipinski definition) is 1. The van der Waals surface area contributed by atoms with Crippen molar-refractivity contribution in [2.75, 3.05) is 38.1 Å². The second kappa shape index (κ2) is 23.5. The van der Waals surface area contributed by atoms with Gasteiger partial charge in [-0.05, 0) is 129 Å². The van der Waals surface area contributed by atoms with Gasteiger partial charge in [0.1, 0.15) is 28.3 Å². The number of hydrogen-bond acceptors (Lipinski definition) is 11. The van der Waals surface area contributed by atoms with Crippen LogP contribution in [-0.2, 0) is 35.5 Å². The molecular weight excluding hydrogens is 994 g/mol. The number of nitrogens with one attached hydrogen (secondary N) is 2. The smallest absolute Gasteiger partial charge is 0.387 e. The van der Waals surface area contributed by atoms with Crippen LogP contribution in [0.1, 0.15) is 96.0 Å². The van der Waals surface area contributed by atoms with Crippen molar-refractivity contribution in [1.82, 2.24) is 9.21 Å². The first-order valence-electron chi connectivity index (χ1n) is 24.0. The first kappa shape index (κ1) is 52.6. The molecule has 0 spiro atoms. The fourth-order valence-electron chi connectivity index (χ4n) is 9.77. The summed E-state index contributed by atoms with van der Waals surface area (Å²) in [7, 11) is -4.41. The van der Waals surface area contributed by atoms with Gasteiger partial charge in [-0.1, -0.05) is 77.8 Å². The van der Waals surface area contributed by atoms with Gasteiger partial charge in [-0.25, -0.2) is 13.4 Å². The van der Waals surface area contributed by atoms with Crippen molar-refractivity contribution in [2.24, 2.45) is 11.8 Å². The minimum atomic E-state index is -4.41. The number of fused-ring (bicyclic) bond motifs is 3. The molecule has 72 heavy (non-hydrogen) atoms. The van der Waals surface area contributed by atoms with Crippen molar-refractivity contribution >= 4 is 56.8 Å². The van der Waals surface area contributed by atoms with Crippen molar-refractivity contribution in [1.29, 1.82) is 0 Å². The highest BCUT2D eigenvalue weighted by molar-refractivity contribution is 7.89. The van der Waals surface area contributed by atoms with E-state index in [-0.39, 0.29) is 93.8 Å². The molecule has 4 atom stereocenters. The van der Waals surface area contributed by atoms with Gasteiger partial charge in [-0.2, -0.15) is 13.1 Å². The highest BCUT2D eigenvalue weighted by Gasteiger charge is 2.41. The molecule has 1 aliphatic carbocycles. The lowest BCUT2D eigenvalue weighted by atomic mass is 9.85. The molecule has 10 rings (SSSR count). The zero-order valence-electron chi connectivity index (χ0n) is 39.3. The van der Waals surface area contributed by atoms with E-state index >= 15 is 0 Å². The molecule has 4 aliphatic heterocycles. The van der Waals surface area contributed by atoms with Gasteiger partial charge in [0.25, 0.3) is 5.91 Å². The first-order chi connectivity index (χ1) is 34.3. The summed E-state index contributed by atoms with van der Waals surface area (Å²) in [5.41, 5.74) is 2.96. The summed E-state index contributed by atoms with van der Waals surface area (Å²) in [6.07, 6.45) is 6.85. The number of esters is 2. The average Bonchev–Trinajstić information content (AvgIpc) is 4.21. The largest absolute Gasteiger partial charge is 0.870 e. The van der Waals surface area contributed by atoms with Gasteiger partial charge >= 0.3 is 18.6 Å². The van der Waals surface area contributed by atoms with Crippen molar-refractivity contribution in [3.8, 4) is 11.5 Å². The molecule has 4 aromatic carbocycles. The molecule has 2 bridgehead atoms. The molecule has 1 aromatic heterocycles. The van der Waals surface area contributed by atoms with E-state index < -0.39 is 40.7 Å². The predicted octanol–water partition coefficient (Wildman–Crippen LogP) is 9.50. The molecular formula is C53H56Cl2F2N4O10S. The maximum atomic E-state index is 14.6. The molecule has 19 heteroatoms. The number of ether oxygens (including phenoxy) is 4. The number of aromatic nitrogens is 1. The Bertz CT molecular complexity index is 2820. The number of pyridine rings is 1. The third-order valence-electron chi connectivity index (χ3n) is 13.8. The Hall–Kier alpha value is -5.69. The molecule has 3 N–H and O–H groups in total. The van der Waals surface area contributed by atoms with E-state index in [1.54, 1.807) is 18.2 Å². The van der Waals surface area contributed by atoms with Crippen LogP contribution >= 0.6 is 23.2 Å². The number of sulfonamides is 1. The van der Waals surface area contributed by atoms with Crippen molar-refractivity contribution < 1.29 is 61.0 Å². The number of H-pyrrole nitrogens is 1. The van der Waals surface area contributed by atoms with Crippen LogP contribution in [0.3, 0.4) is 0 Å². The fraction of sp³-hybridized carbons (Fsp3) is 0.396. The summed E-state index contributed by atoms with van der Waals surface area (Å²) in [6.45, 7) is -0.0273. The van der Waals surface area contributed by atoms with Crippen LogP contribution in [-0.4, -0.2) is 92.5 Å². The second-order valence-electron chi connectivity index (χ2n) is 18.7. The Kier molecular flexibility index (Phi) is 17.1. The van der Waals surface area contributed by atoms with Crippen LogP contribution in [0.2, 0.25) is 10.0 Å². The zero-order valence-corrected chi connectivity index (χ0v) is 41.6. The number of rotatable bonds is 19. The maximum absolute atomic E-state index is 14.6. The summed E-state index contributed by atoms with van der Waals surface area (Å²) in [5, 5.41) is 3.39. The molecule has 0 radical (unpaired) electrons. The lowest BCUT2D eigenvalue weighted by Crippen LogP contribution is -2.52. The molecule has 4 saturated heterocycles. The Morgan fingerprint density at radius 2 is 1.53 bits per heavy atom. The number of anilines is 1. The lowest BCUT2D eigenvalue weighted by molar-refractivity contribution is -0.377. The fourth-order valence-corrected chi connectivity index (χ4v) is 12.0. The summed E-state index contributed by atoms with van der Waals surface area (Å²) in [5.74, 6) is -1.59. The van der Waals surface area contributed by atoms with Crippen LogP contribution in [0, 0.1) is 11.8 Å². The number of benzene rings is 4. The highest BCUT2D eigenvalue weighted by atomic mass is 35.5. The Morgan fingerprint density at radius 3 is 2.24 bits per heavy atom. The number of aromatic amines is 1. The van der Waals surface area contributed by atoms with Crippen LogP contribution in [0.25, 0.3) is 0 Å². The Balaban J connectivity index is 0.00000693. The molecule has 0 unspecified atom stereocenters. The summed E-state index contributed by atoms with van der Waals surface area (Å²) < 4.78 is 80.2. The molecule has 1 saturated carbocycles. The van der Waals surface area contributed by atoms with Gasteiger partial charge in [0.2, 0.25) is 10.0 Å². The van der Waals surface area contributed by atoms with E-state index in [9.17, 15) is 31.6 Å². The maximum Gasteiger partial charge on any atom is 0.387 e. The average molecular weight is 1050 g/mol. The van der Waals surface area contributed by atoms with Gasteiger partial charge < -0.3 is 29.7 Å². The van der Waals surface area contributed by atoms with Gasteiger partial charge in [0.05, 0.1) is 17.9 Å². The lowest BCUT2D eigenvalue weighted by Gasteiger charge is -2.44. The standard InChI is InChI=1S/C53H54Cl2F2N4O9S.H2O/c54-43-29-58-30-44(55)42(43)27-47(37-17-18-46(70-53(56)57)48(26-37)67-32-33-15-16-33)69-52(64)45-14-4-5-21-61(45)71(65,66)40-13-7-11-38(25-40)51(63)59-39-12-6-10-36(24-39)41(34-8-2-1-3-9-34)28-50(62)68-49-31-60-22-19-35(49)20-23-60;/h1-3,6-13,17-18,24-26,29-30,33,35,41,45,47,49,53H,4-5,14-16,19-23,27-28,31-32H2,(H,59,63);1H2/t41-,45-,47-,49-;/m0./s1. The van der Waals surface area contributed by atoms with Gasteiger partial charge in [0.15, 0.2) is 23.9 Å². The van der Waals surface area contributed by atoms with E-state index in [2.05, 4.69) is 15.2 Å². The van der Waals surface area contributed by atoms with E-state index in [0.29, 0.717) is 35.6 Å². The Morgan fingerprint density at radius 1 is 0.792 bits per heavy atom. The molecule has 5 aromatic rings. The minimum absolute atomic E-state index is 0. The van der Waals surface area contributed by atoms with E-state index in [4.69, 9.17) is 42.1 Å². The quantitative estimate of drug-likeness (QED) is 0.0777. The number of carbonyl (C=O) groups is 3. The topological polar surface area (TPSA) is 185 Å². The first-order valence-corrected chi connectivity index (χ1v) is 26.2. The molecule has 14 nitrogen and oxygen atoms in total. The summed E-state index contributed by atoms with van der Waals surface area (Å²) >= 11 is 13.1. The van der Waals surface area contributed by atoms with Crippen LogP contribution in [0.5, 0.6) is 11.5 Å². The molecule has 5 aliphatic rings. The number of halogens is 4. The van der Waals surface area contributed by atoms with Crippen molar-refractivity contribution in [3.63, 3.8) is 0 Å². The SMILES string of the molecule is O=C(C[C@@H](c1ccccc1)c1cccc(NC(=O)c2cccc(S(=O)(=O)N3CCCC[C@H]3C(=O)O[C@@H](Cc3c(Cl)c[nH+]cc3Cl)c3ccc(OC(F)F)c(OCC4CC4)c3)c2)c1)O[C@H]1CN2CCC1CC2.[OH-]. The molecule has 5 fully saturated rings. The molecule has 5 heterocycles. The molecule has 382 valence electrons. The van der Waals surface area contributed by atoms with Crippen LogP contribution in [0.4, 0.5) is 14.5 Å². The van der Waals surface area contributed by atoms with Gasteiger partial charge in [-0.15, -0.1) is 0 Å².